The third kappa shape index (κ3) is 3.70. The Morgan fingerprint density at radius 3 is 2.57 bits per heavy atom. The quantitative estimate of drug-likeness (QED) is 0.483. The Morgan fingerprint density at radius 2 is 1.93 bits per heavy atom. The predicted molar refractivity (Wildman–Crippen MR) is 111 cm³/mol. The summed E-state index contributed by atoms with van der Waals surface area (Å²) >= 11 is 4.95. The van der Waals surface area contributed by atoms with Gasteiger partial charge in [-0.15, -0.1) is 10.2 Å². The van der Waals surface area contributed by atoms with Crippen LogP contribution in [0.3, 0.4) is 0 Å². The predicted octanol–water partition coefficient (Wildman–Crippen LogP) is 3.13. The van der Waals surface area contributed by atoms with Crippen molar-refractivity contribution in [2.45, 2.75) is 19.8 Å². The molecule has 1 heterocycles. The highest BCUT2D eigenvalue weighted by atomic mass is 32.1. The molecule has 0 fully saturated rings. The summed E-state index contributed by atoms with van der Waals surface area (Å²) in [4.78, 5) is 0. The number of methoxy groups -OCH3 is 1. The lowest BCUT2D eigenvalue weighted by molar-refractivity contribution is 0.370. The van der Waals surface area contributed by atoms with Crippen molar-refractivity contribution in [1.82, 2.24) is 14.8 Å². The van der Waals surface area contributed by atoms with E-state index in [1.54, 1.807) is 4.57 Å². The molecule has 0 aliphatic rings. The molecule has 5 N–H and O–H groups in total. The van der Waals surface area contributed by atoms with Gasteiger partial charge in [0, 0.05) is 6.07 Å². The summed E-state index contributed by atoms with van der Waals surface area (Å²) in [5.41, 5.74) is 7.83. The van der Waals surface area contributed by atoms with E-state index >= 15 is 0 Å². The topological polar surface area (TPSA) is 118 Å². The molecule has 0 radical (unpaired) electrons. The van der Waals surface area contributed by atoms with Crippen LogP contribution in [0.15, 0.2) is 36.4 Å². The third-order valence-electron chi connectivity index (χ3n) is 4.23. The van der Waals surface area contributed by atoms with E-state index < -0.39 is 0 Å². The molecule has 0 saturated heterocycles. The Labute approximate surface area is 167 Å². The number of nitrogens with two attached hydrogens (primary N) is 1. The lowest BCUT2D eigenvalue weighted by Crippen LogP contribution is -2.21. The van der Waals surface area contributed by atoms with E-state index in [4.69, 9.17) is 22.7 Å². The lowest BCUT2D eigenvalue weighted by atomic mass is 10.0. The van der Waals surface area contributed by atoms with Crippen molar-refractivity contribution in [3.05, 3.63) is 42.0 Å². The van der Waals surface area contributed by atoms with Gasteiger partial charge in [0.2, 0.25) is 5.95 Å². The SMILES string of the molecule is COc1cc(-c2nnc(NC(N)=S)n2-c2cccc(C(C)C)c2)c(O)cc1O. The van der Waals surface area contributed by atoms with Crippen molar-refractivity contribution in [3.63, 3.8) is 0 Å². The lowest BCUT2D eigenvalue weighted by Gasteiger charge is -2.15. The number of phenolic OH excluding ortho intramolecular Hbond substituents is 2. The number of hydrogen-bond acceptors (Lipinski definition) is 6. The molecule has 0 aliphatic heterocycles. The Morgan fingerprint density at radius 1 is 1.18 bits per heavy atom. The summed E-state index contributed by atoms with van der Waals surface area (Å²) < 4.78 is 6.85. The zero-order valence-electron chi connectivity index (χ0n) is 15.7. The number of benzene rings is 2. The molecule has 0 bridgehead atoms. The zero-order valence-corrected chi connectivity index (χ0v) is 16.5. The monoisotopic (exact) mass is 399 g/mol. The molecule has 0 amide bonds. The van der Waals surface area contributed by atoms with Crippen molar-refractivity contribution in [2.24, 2.45) is 5.73 Å². The summed E-state index contributed by atoms with van der Waals surface area (Å²) in [6, 6.07) is 10.5. The number of hydrogen-bond donors (Lipinski definition) is 4. The largest absolute Gasteiger partial charge is 0.507 e. The Balaban J connectivity index is 2.26. The number of anilines is 1. The van der Waals surface area contributed by atoms with Gasteiger partial charge in [0.1, 0.15) is 5.75 Å². The molecule has 8 nitrogen and oxygen atoms in total. The van der Waals surface area contributed by atoms with Crippen LogP contribution >= 0.6 is 12.2 Å². The van der Waals surface area contributed by atoms with Gasteiger partial charge in [0.15, 0.2) is 22.4 Å². The number of nitrogens with one attached hydrogen (secondary N) is 1. The fraction of sp³-hybridized carbons (Fsp3) is 0.211. The fourth-order valence-corrected chi connectivity index (χ4v) is 2.91. The summed E-state index contributed by atoms with van der Waals surface area (Å²) in [6.07, 6.45) is 0. The first-order chi connectivity index (χ1) is 13.3. The number of aromatic hydroxyl groups is 2. The van der Waals surface area contributed by atoms with Crippen LogP contribution in [0, 0.1) is 0 Å². The van der Waals surface area contributed by atoms with E-state index in [1.807, 2.05) is 24.3 Å². The molecule has 0 spiro atoms. The standard InChI is InChI=1S/C19H21N5O3S/c1-10(2)11-5-4-6-12(7-11)24-17(22-23-19(24)21-18(20)28)13-8-16(27-3)15(26)9-14(13)25/h4-10,25-26H,1-3H3,(H3,20,21,23,28). The van der Waals surface area contributed by atoms with Crippen molar-refractivity contribution in [3.8, 4) is 34.3 Å². The van der Waals surface area contributed by atoms with Crippen LogP contribution < -0.4 is 15.8 Å². The maximum Gasteiger partial charge on any atom is 0.235 e. The minimum absolute atomic E-state index is 0.0349. The molecular formula is C19H21N5O3S. The van der Waals surface area contributed by atoms with Crippen LogP contribution in [0.25, 0.3) is 17.1 Å². The summed E-state index contributed by atoms with van der Waals surface area (Å²) in [5, 5.41) is 31.5. The van der Waals surface area contributed by atoms with Gasteiger partial charge < -0.3 is 26.0 Å². The Hall–Kier alpha value is -3.33. The Bertz CT molecular complexity index is 1030. The van der Waals surface area contributed by atoms with E-state index in [-0.39, 0.29) is 22.4 Å². The van der Waals surface area contributed by atoms with Gasteiger partial charge in [-0.2, -0.15) is 0 Å². The van der Waals surface area contributed by atoms with Gasteiger partial charge in [-0.3, -0.25) is 4.57 Å². The van der Waals surface area contributed by atoms with E-state index in [2.05, 4.69) is 29.4 Å². The second-order valence-electron chi connectivity index (χ2n) is 6.46. The molecule has 28 heavy (non-hydrogen) atoms. The van der Waals surface area contributed by atoms with Crippen LogP contribution in [-0.4, -0.2) is 37.2 Å². The number of nitrogens with zero attached hydrogens (tertiary/aromatic N) is 3. The summed E-state index contributed by atoms with van der Waals surface area (Å²) in [7, 11) is 1.42. The highest BCUT2D eigenvalue weighted by Gasteiger charge is 2.21. The van der Waals surface area contributed by atoms with Gasteiger partial charge in [-0.05, 0) is 41.9 Å². The normalized spacial score (nSPS) is 10.9. The smallest absolute Gasteiger partial charge is 0.235 e. The molecular weight excluding hydrogens is 378 g/mol. The third-order valence-corrected chi connectivity index (χ3v) is 4.33. The molecule has 146 valence electrons. The molecule has 0 saturated carbocycles. The minimum Gasteiger partial charge on any atom is -0.507 e. The highest BCUT2D eigenvalue weighted by Crippen LogP contribution is 2.39. The van der Waals surface area contributed by atoms with Crippen LogP contribution in [-0.2, 0) is 0 Å². The zero-order chi connectivity index (χ0) is 20.4. The second kappa shape index (κ2) is 7.73. The van der Waals surface area contributed by atoms with E-state index in [0.717, 1.165) is 11.3 Å². The summed E-state index contributed by atoms with van der Waals surface area (Å²) in [5.74, 6) is 0.786. The van der Waals surface area contributed by atoms with Crippen LogP contribution in [0.4, 0.5) is 5.95 Å². The maximum absolute atomic E-state index is 10.4. The van der Waals surface area contributed by atoms with Crippen molar-refractivity contribution >= 4 is 23.3 Å². The second-order valence-corrected chi connectivity index (χ2v) is 6.90. The number of thiocarbonyl (C=S) groups is 1. The number of rotatable bonds is 5. The van der Waals surface area contributed by atoms with E-state index in [1.165, 1.54) is 19.2 Å². The van der Waals surface area contributed by atoms with Crippen molar-refractivity contribution in [1.29, 1.82) is 0 Å². The summed E-state index contributed by atoms with van der Waals surface area (Å²) in [6.45, 7) is 4.19. The van der Waals surface area contributed by atoms with Crippen LogP contribution in [0.1, 0.15) is 25.3 Å². The number of ether oxygens (including phenoxy) is 1. The molecule has 9 heteroatoms. The molecule has 2 aromatic carbocycles. The van der Waals surface area contributed by atoms with E-state index in [9.17, 15) is 10.2 Å². The van der Waals surface area contributed by atoms with E-state index in [0.29, 0.717) is 23.3 Å². The highest BCUT2D eigenvalue weighted by molar-refractivity contribution is 7.80. The average Bonchev–Trinajstić information content (AvgIpc) is 3.04. The molecule has 0 atom stereocenters. The Kier molecular flexibility index (Phi) is 5.36. The van der Waals surface area contributed by atoms with Gasteiger partial charge in [0.05, 0.1) is 18.4 Å². The van der Waals surface area contributed by atoms with Crippen molar-refractivity contribution in [2.75, 3.05) is 12.4 Å². The van der Waals surface area contributed by atoms with Crippen molar-refractivity contribution < 1.29 is 14.9 Å². The maximum atomic E-state index is 10.4. The average molecular weight is 399 g/mol. The minimum atomic E-state index is -0.182. The molecule has 3 aromatic rings. The van der Waals surface area contributed by atoms with Crippen LogP contribution in [0.5, 0.6) is 17.2 Å². The molecule has 0 unspecified atom stereocenters. The number of phenols is 2. The first-order valence-corrected chi connectivity index (χ1v) is 8.95. The van der Waals surface area contributed by atoms with Gasteiger partial charge in [-0.1, -0.05) is 26.0 Å². The van der Waals surface area contributed by atoms with Gasteiger partial charge in [0.25, 0.3) is 0 Å². The first-order valence-electron chi connectivity index (χ1n) is 8.54. The number of aromatic nitrogens is 3. The fourth-order valence-electron chi connectivity index (χ4n) is 2.82. The van der Waals surface area contributed by atoms with Gasteiger partial charge >= 0.3 is 0 Å². The first kappa shape index (κ1) is 19.4. The molecule has 1 aromatic heterocycles. The van der Waals surface area contributed by atoms with Crippen LogP contribution in [0.2, 0.25) is 0 Å². The van der Waals surface area contributed by atoms with Gasteiger partial charge in [-0.25, -0.2) is 0 Å². The molecule has 3 rings (SSSR count). The molecule has 0 aliphatic carbocycles.